The van der Waals surface area contributed by atoms with Gasteiger partial charge in [-0.25, -0.2) is 0 Å². The van der Waals surface area contributed by atoms with E-state index in [4.69, 9.17) is 9.84 Å². The lowest BCUT2D eigenvalue weighted by molar-refractivity contribution is -0.207. The molecule has 0 saturated heterocycles. The van der Waals surface area contributed by atoms with Gasteiger partial charge in [0.25, 0.3) is 0 Å². The quantitative estimate of drug-likeness (QED) is 0.864. The average molecular weight is 277 g/mol. The van der Waals surface area contributed by atoms with E-state index in [-0.39, 0.29) is 0 Å². The molecule has 3 nitrogen and oxygen atoms in total. The highest BCUT2D eigenvalue weighted by Gasteiger charge is 2.38. The van der Waals surface area contributed by atoms with Crippen molar-refractivity contribution in [3.05, 3.63) is 29.8 Å². The van der Waals surface area contributed by atoms with Crippen molar-refractivity contribution in [1.29, 1.82) is 0 Å². The number of likely N-dealkylation sites (N-methyl/N-ethyl adjacent to an activating group) is 1. The van der Waals surface area contributed by atoms with Crippen molar-refractivity contribution >= 4 is 0 Å². The maximum atomic E-state index is 12.2. The van der Waals surface area contributed by atoms with E-state index in [0.29, 0.717) is 13.0 Å². The average Bonchev–Trinajstić information content (AvgIpc) is 2.35. The highest BCUT2D eigenvalue weighted by atomic mass is 19.4. The first-order valence-corrected chi connectivity index (χ1v) is 5.89. The molecule has 0 radical (unpaired) electrons. The van der Waals surface area contributed by atoms with Gasteiger partial charge in [-0.15, -0.1) is 0 Å². The maximum absolute atomic E-state index is 12.2. The van der Waals surface area contributed by atoms with Gasteiger partial charge in [-0.2, -0.15) is 13.2 Å². The predicted octanol–water partition coefficient (Wildman–Crippen LogP) is 2.09. The van der Waals surface area contributed by atoms with Gasteiger partial charge >= 0.3 is 6.18 Å². The van der Waals surface area contributed by atoms with E-state index >= 15 is 0 Å². The minimum Gasteiger partial charge on any atom is -0.497 e. The van der Waals surface area contributed by atoms with Crippen molar-refractivity contribution in [2.24, 2.45) is 0 Å². The second kappa shape index (κ2) is 6.77. The first kappa shape index (κ1) is 15.8. The molecule has 0 spiro atoms. The molecule has 0 aliphatic carbocycles. The smallest absolute Gasteiger partial charge is 0.415 e. The molecule has 108 valence electrons. The molecular weight excluding hydrogens is 259 g/mol. The Kier molecular flexibility index (Phi) is 5.62. The van der Waals surface area contributed by atoms with E-state index in [1.165, 1.54) is 4.90 Å². The van der Waals surface area contributed by atoms with Gasteiger partial charge in [-0.3, -0.25) is 0 Å². The Bertz CT molecular complexity index is 378. The number of hydrogen-bond acceptors (Lipinski definition) is 3. The van der Waals surface area contributed by atoms with Gasteiger partial charge in [0.15, 0.2) is 6.10 Å². The monoisotopic (exact) mass is 277 g/mol. The molecule has 0 aliphatic heterocycles. The van der Waals surface area contributed by atoms with Crippen LogP contribution >= 0.6 is 0 Å². The molecule has 0 aromatic heterocycles. The van der Waals surface area contributed by atoms with E-state index in [2.05, 4.69) is 0 Å². The Morgan fingerprint density at radius 2 is 1.84 bits per heavy atom. The lowest BCUT2D eigenvalue weighted by Gasteiger charge is -2.22. The number of nitrogens with zero attached hydrogens (tertiary/aromatic N) is 1. The Morgan fingerprint density at radius 1 is 1.26 bits per heavy atom. The normalized spacial score (nSPS) is 13.6. The summed E-state index contributed by atoms with van der Waals surface area (Å²) < 4.78 is 41.5. The van der Waals surface area contributed by atoms with Crippen LogP contribution in [-0.4, -0.2) is 49.5 Å². The van der Waals surface area contributed by atoms with Crippen LogP contribution in [0.1, 0.15) is 5.56 Å². The topological polar surface area (TPSA) is 32.7 Å². The minimum atomic E-state index is -4.56. The Morgan fingerprint density at radius 3 is 2.32 bits per heavy atom. The third-order valence-corrected chi connectivity index (χ3v) is 2.80. The van der Waals surface area contributed by atoms with Crippen molar-refractivity contribution in [2.75, 3.05) is 27.2 Å². The molecule has 1 N–H and O–H groups in total. The zero-order valence-electron chi connectivity index (χ0n) is 10.9. The van der Waals surface area contributed by atoms with Crippen LogP contribution in [-0.2, 0) is 6.42 Å². The molecular formula is C13H18F3NO2. The largest absolute Gasteiger partial charge is 0.497 e. The highest BCUT2D eigenvalue weighted by molar-refractivity contribution is 5.27. The fourth-order valence-corrected chi connectivity index (χ4v) is 1.60. The molecule has 1 aromatic carbocycles. The molecule has 0 fully saturated rings. The van der Waals surface area contributed by atoms with Gasteiger partial charge in [0.2, 0.25) is 0 Å². The molecule has 19 heavy (non-hydrogen) atoms. The van der Waals surface area contributed by atoms with Crippen molar-refractivity contribution in [3.63, 3.8) is 0 Å². The molecule has 0 bridgehead atoms. The molecule has 0 saturated carbocycles. The van der Waals surface area contributed by atoms with Crippen LogP contribution in [0.5, 0.6) is 5.75 Å². The number of ether oxygens (including phenoxy) is 1. The summed E-state index contributed by atoms with van der Waals surface area (Å²) in [5.41, 5.74) is 1.01. The maximum Gasteiger partial charge on any atom is 0.415 e. The third kappa shape index (κ3) is 5.48. The zero-order valence-corrected chi connectivity index (χ0v) is 10.9. The molecule has 1 aromatic rings. The van der Waals surface area contributed by atoms with E-state index < -0.39 is 18.8 Å². The van der Waals surface area contributed by atoms with Crippen LogP contribution in [0, 0.1) is 0 Å². The predicted molar refractivity (Wildman–Crippen MR) is 66.3 cm³/mol. The molecule has 1 unspecified atom stereocenters. The van der Waals surface area contributed by atoms with Gasteiger partial charge in [0.1, 0.15) is 5.75 Å². The summed E-state index contributed by atoms with van der Waals surface area (Å²) in [7, 11) is 3.12. The zero-order chi connectivity index (χ0) is 14.5. The Hall–Kier alpha value is -1.27. The number of hydrogen-bond donors (Lipinski definition) is 1. The molecule has 1 atom stereocenters. The molecule has 1 rings (SSSR count). The number of aliphatic hydroxyl groups excluding tert-OH is 1. The molecule has 0 aliphatic rings. The summed E-state index contributed by atoms with van der Waals surface area (Å²) in [5.74, 6) is 0.740. The van der Waals surface area contributed by atoms with Gasteiger partial charge in [-0.05, 0) is 31.2 Å². The number of alkyl halides is 3. The minimum absolute atomic E-state index is 0.417. The molecule has 0 heterocycles. The van der Waals surface area contributed by atoms with E-state index in [1.807, 2.05) is 12.1 Å². The molecule has 6 heteroatoms. The summed E-state index contributed by atoms with van der Waals surface area (Å²) >= 11 is 0. The number of rotatable bonds is 6. The van der Waals surface area contributed by atoms with E-state index in [0.717, 1.165) is 11.3 Å². The fraction of sp³-hybridized carbons (Fsp3) is 0.538. The summed E-state index contributed by atoms with van der Waals surface area (Å²) in [6.07, 6.45) is -6.24. The number of methoxy groups -OCH3 is 1. The number of aliphatic hydroxyl groups is 1. The van der Waals surface area contributed by atoms with Gasteiger partial charge < -0.3 is 14.7 Å². The van der Waals surface area contributed by atoms with Crippen LogP contribution < -0.4 is 4.74 Å². The van der Waals surface area contributed by atoms with E-state index in [9.17, 15) is 13.2 Å². The summed E-state index contributed by atoms with van der Waals surface area (Å²) in [6, 6.07) is 7.35. The van der Waals surface area contributed by atoms with Crippen molar-refractivity contribution in [2.45, 2.75) is 18.7 Å². The van der Waals surface area contributed by atoms with Crippen molar-refractivity contribution < 1.29 is 23.0 Å². The van der Waals surface area contributed by atoms with Crippen molar-refractivity contribution in [1.82, 2.24) is 4.90 Å². The van der Waals surface area contributed by atoms with Gasteiger partial charge in [-0.1, -0.05) is 12.1 Å². The Labute approximate surface area is 110 Å². The standard InChI is InChI=1S/C13H18F3NO2/c1-17(9-12(18)13(14,15)16)8-7-10-3-5-11(19-2)6-4-10/h3-6,12,18H,7-9H2,1-2H3. The summed E-state index contributed by atoms with van der Waals surface area (Å²) in [5, 5.41) is 8.94. The van der Waals surface area contributed by atoms with Gasteiger partial charge in [0.05, 0.1) is 7.11 Å². The lowest BCUT2D eigenvalue weighted by Crippen LogP contribution is -2.40. The van der Waals surface area contributed by atoms with Crippen LogP contribution in [0.2, 0.25) is 0 Å². The number of benzene rings is 1. The van der Waals surface area contributed by atoms with Gasteiger partial charge in [0, 0.05) is 13.1 Å². The fourth-order valence-electron chi connectivity index (χ4n) is 1.60. The summed E-state index contributed by atoms with van der Waals surface area (Å²) in [6.45, 7) is 0.0269. The van der Waals surface area contributed by atoms with Crippen LogP contribution in [0.25, 0.3) is 0 Å². The Balaban J connectivity index is 2.39. The SMILES string of the molecule is COc1ccc(CCN(C)CC(O)C(F)(F)F)cc1. The number of halogens is 3. The van der Waals surface area contributed by atoms with Crippen molar-refractivity contribution in [3.8, 4) is 5.75 Å². The third-order valence-electron chi connectivity index (χ3n) is 2.80. The molecule has 0 amide bonds. The summed E-state index contributed by atoms with van der Waals surface area (Å²) in [4.78, 5) is 1.46. The second-order valence-electron chi connectivity index (χ2n) is 4.42. The van der Waals surface area contributed by atoms with Crippen LogP contribution in [0.4, 0.5) is 13.2 Å². The van der Waals surface area contributed by atoms with Crippen LogP contribution in [0.3, 0.4) is 0 Å². The van der Waals surface area contributed by atoms with Crippen LogP contribution in [0.15, 0.2) is 24.3 Å². The second-order valence-corrected chi connectivity index (χ2v) is 4.42. The first-order valence-electron chi connectivity index (χ1n) is 5.89. The lowest BCUT2D eigenvalue weighted by atomic mass is 10.1. The van der Waals surface area contributed by atoms with E-state index in [1.54, 1.807) is 26.3 Å². The highest BCUT2D eigenvalue weighted by Crippen LogP contribution is 2.20. The first-order chi connectivity index (χ1) is 8.82.